The Morgan fingerprint density at radius 1 is 0.929 bits per heavy atom. The van der Waals surface area contributed by atoms with Gasteiger partial charge in [0.05, 0.1) is 6.26 Å². The molecule has 68 valence electrons. The van der Waals surface area contributed by atoms with Crippen molar-refractivity contribution in [2.24, 2.45) is 0 Å². The van der Waals surface area contributed by atoms with Gasteiger partial charge in [-0.3, -0.25) is 0 Å². The van der Waals surface area contributed by atoms with E-state index in [2.05, 4.69) is 0 Å². The van der Waals surface area contributed by atoms with Gasteiger partial charge in [0.25, 0.3) is 0 Å². The standard InChI is InChI=1S/C11H6O2S/c14-11-2-1-7-5-9-8(3-4-12-9)6-10(7)13-11/h1-6H. The molecule has 0 bridgehead atoms. The number of hydrogen-bond acceptors (Lipinski definition) is 3. The topological polar surface area (TPSA) is 26.3 Å². The molecule has 0 aliphatic rings. The van der Waals surface area contributed by atoms with E-state index in [1.807, 2.05) is 24.3 Å². The predicted molar refractivity (Wildman–Crippen MR) is 56.8 cm³/mol. The fourth-order valence-corrected chi connectivity index (χ4v) is 1.68. The smallest absolute Gasteiger partial charge is 0.190 e. The van der Waals surface area contributed by atoms with Crippen molar-refractivity contribution in [1.29, 1.82) is 0 Å². The summed E-state index contributed by atoms with van der Waals surface area (Å²) in [7, 11) is 0. The van der Waals surface area contributed by atoms with Crippen molar-refractivity contribution >= 4 is 34.2 Å². The van der Waals surface area contributed by atoms with Crippen molar-refractivity contribution in [3.8, 4) is 0 Å². The zero-order valence-corrected chi connectivity index (χ0v) is 8.01. The van der Waals surface area contributed by atoms with Crippen molar-refractivity contribution in [3.63, 3.8) is 0 Å². The molecule has 0 amide bonds. The first-order chi connectivity index (χ1) is 6.83. The summed E-state index contributed by atoms with van der Waals surface area (Å²) in [5.74, 6) is 0. The maximum Gasteiger partial charge on any atom is 0.190 e. The van der Waals surface area contributed by atoms with Crippen molar-refractivity contribution in [2.75, 3.05) is 0 Å². The highest BCUT2D eigenvalue weighted by Gasteiger charge is 2.01. The van der Waals surface area contributed by atoms with E-state index in [0.717, 1.165) is 21.9 Å². The van der Waals surface area contributed by atoms with Gasteiger partial charge in [0, 0.05) is 10.8 Å². The number of hydrogen-bond donors (Lipinski definition) is 0. The average molecular weight is 202 g/mol. The fraction of sp³-hybridized carbons (Fsp3) is 0. The summed E-state index contributed by atoms with van der Waals surface area (Å²) < 4.78 is 11.2. The molecule has 0 N–H and O–H groups in total. The highest BCUT2D eigenvalue weighted by Crippen LogP contribution is 2.23. The van der Waals surface area contributed by atoms with Crippen molar-refractivity contribution in [3.05, 3.63) is 41.3 Å². The number of fused-ring (bicyclic) bond motifs is 2. The highest BCUT2D eigenvalue weighted by atomic mass is 32.1. The van der Waals surface area contributed by atoms with E-state index in [-0.39, 0.29) is 0 Å². The zero-order valence-electron chi connectivity index (χ0n) is 7.19. The van der Waals surface area contributed by atoms with Crippen LogP contribution in [0.25, 0.3) is 21.9 Å². The summed E-state index contributed by atoms with van der Waals surface area (Å²) in [5.41, 5.74) is 1.66. The molecule has 2 nitrogen and oxygen atoms in total. The molecule has 2 aromatic heterocycles. The molecule has 0 saturated heterocycles. The molecule has 3 aromatic rings. The van der Waals surface area contributed by atoms with Crippen LogP contribution in [0.3, 0.4) is 0 Å². The molecule has 0 radical (unpaired) electrons. The molecule has 0 aliphatic heterocycles. The second-order valence-corrected chi connectivity index (χ2v) is 3.51. The van der Waals surface area contributed by atoms with Gasteiger partial charge in [0.2, 0.25) is 0 Å². The van der Waals surface area contributed by atoms with Gasteiger partial charge in [-0.25, -0.2) is 0 Å². The first-order valence-electron chi connectivity index (χ1n) is 4.24. The van der Waals surface area contributed by atoms with Crippen LogP contribution in [0.4, 0.5) is 0 Å². The third kappa shape index (κ3) is 1.06. The molecule has 2 heterocycles. The Labute approximate surface area is 84.8 Å². The van der Waals surface area contributed by atoms with Crippen LogP contribution >= 0.6 is 12.2 Å². The Balaban J connectivity index is 2.56. The summed E-state index contributed by atoms with van der Waals surface area (Å²) in [6.07, 6.45) is 1.66. The molecule has 3 rings (SSSR count). The molecule has 3 heteroatoms. The van der Waals surface area contributed by atoms with Crippen LogP contribution in [0.1, 0.15) is 0 Å². The Kier molecular flexibility index (Phi) is 1.49. The largest absolute Gasteiger partial charge is 0.464 e. The molecular weight excluding hydrogens is 196 g/mol. The lowest BCUT2D eigenvalue weighted by Gasteiger charge is -1.95. The van der Waals surface area contributed by atoms with Crippen LogP contribution in [0.15, 0.2) is 45.4 Å². The summed E-state index contributed by atoms with van der Waals surface area (Å²) >= 11 is 4.95. The summed E-state index contributed by atoms with van der Waals surface area (Å²) in [6.45, 7) is 0. The lowest BCUT2D eigenvalue weighted by atomic mass is 10.2. The Bertz CT molecular complexity index is 663. The van der Waals surface area contributed by atoms with Gasteiger partial charge in [-0.1, -0.05) is 0 Å². The first kappa shape index (κ1) is 7.76. The van der Waals surface area contributed by atoms with Crippen LogP contribution in [0.5, 0.6) is 0 Å². The summed E-state index contributed by atoms with van der Waals surface area (Å²) in [5, 5.41) is 2.03. The Morgan fingerprint density at radius 2 is 1.71 bits per heavy atom. The van der Waals surface area contributed by atoms with Gasteiger partial charge in [-0.2, -0.15) is 0 Å². The second-order valence-electron chi connectivity index (χ2n) is 3.10. The van der Waals surface area contributed by atoms with E-state index in [4.69, 9.17) is 21.1 Å². The SMILES string of the molecule is S=c1ccc2cc3occc3cc2o1. The van der Waals surface area contributed by atoms with E-state index >= 15 is 0 Å². The van der Waals surface area contributed by atoms with Crippen molar-refractivity contribution in [1.82, 2.24) is 0 Å². The van der Waals surface area contributed by atoms with Gasteiger partial charge in [0.1, 0.15) is 11.2 Å². The normalized spacial score (nSPS) is 11.1. The molecule has 0 saturated carbocycles. The Hall–Kier alpha value is -1.61. The fourth-order valence-electron chi connectivity index (χ4n) is 1.52. The monoisotopic (exact) mass is 202 g/mol. The number of rotatable bonds is 0. The van der Waals surface area contributed by atoms with Crippen LogP contribution in [0, 0.1) is 4.71 Å². The molecule has 0 atom stereocenters. The summed E-state index contributed by atoms with van der Waals surface area (Å²) in [4.78, 5) is 0. The number of benzene rings is 1. The highest BCUT2D eigenvalue weighted by molar-refractivity contribution is 7.71. The molecular formula is C11H6O2S. The van der Waals surface area contributed by atoms with Gasteiger partial charge in [-0.05, 0) is 42.5 Å². The molecule has 0 spiro atoms. The first-order valence-corrected chi connectivity index (χ1v) is 4.65. The van der Waals surface area contributed by atoms with Crippen LogP contribution in [0.2, 0.25) is 0 Å². The van der Waals surface area contributed by atoms with E-state index < -0.39 is 0 Å². The molecule has 0 fully saturated rings. The molecule has 0 aliphatic carbocycles. The lowest BCUT2D eigenvalue weighted by Crippen LogP contribution is -1.72. The zero-order chi connectivity index (χ0) is 9.54. The lowest BCUT2D eigenvalue weighted by molar-refractivity contribution is 0.586. The van der Waals surface area contributed by atoms with E-state index in [9.17, 15) is 0 Å². The van der Waals surface area contributed by atoms with Crippen LogP contribution in [-0.2, 0) is 0 Å². The Morgan fingerprint density at radius 3 is 2.64 bits per heavy atom. The van der Waals surface area contributed by atoms with Gasteiger partial charge in [-0.15, -0.1) is 0 Å². The van der Waals surface area contributed by atoms with Crippen LogP contribution in [-0.4, -0.2) is 0 Å². The molecule has 0 unspecified atom stereocenters. The third-order valence-electron chi connectivity index (χ3n) is 2.19. The predicted octanol–water partition coefficient (Wildman–Crippen LogP) is 3.91. The minimum absolute atomic E-state index is 0.500. The molecule has 1 aromatic carbocycles. The van der Waals surface area contributed by atoms with Gasteiger partial charge < -0.3 is 8.83 Å². The minimum Gasteiger partial charge on any atom is -0.464 e. The van der Waals surface area contributed by atoms with Crippen LogP contribution < -0.4 is 0 Å². The molecule has 14 heavy (non-hydrogen) atoms. The maximum absolute atomic E-state index is 5.41. The van der Waals surface area contributed by atoms with Gasteiger partial charge >= 0.3 is 0 Å². The van der Waals surface area contributed by atoms with Crippen molar-refractivity contribution in [2.45, 2.75) is 0 Å². The van der Waals surface area contributed by atoms with E-state index in [1.165, 1.54) is 0 Å². The maximum atomic E-state index is 5.41. The quantitative estimate of drug-likeness (QED) is 0.517. The number of furan rings is 1. The van der Waals surface area contributed by atoms with Crippen molar-refractivity contribution < 1.29 is 8.83 Å². The summed E-state index contributed by atoms with van der Waals surface area (Å²) in [6, 6.07) is 9.49. The van der Waals surface area contributed by atoms with E-state index in [1.54, 1.807) is 12.3 Å². The third-order valence-corrected chi connectivity index (χ3v) is 2.41. The van der Waals surface area contributed by atoms with Gasteiger partial charge in [0.15, 0.2) is 4.71 Å². The average Bonchev–Trinajstić information content (AvgIpc) is 2.61. The minimum atomic E-state index is 0.500. The second kappa shape index (κ2) is 2.69. The van der Waals surface area contributed by atoms with E-state index in [0.29, 0.717) is 4.71 Å².